The Morgan fingerprint density at radius 2 is 1.77 bits per heavy atom. The van der Waals surface area contributed by atoms with Crippen LogP contribution in [-0.4, -0.2) is 63.0 Å². The molecule has 1 heterocycles. The number of anilines is 1. The zero-order chi connectivity index (χ0) is 15.8. The lowest BCUT2D eigenvalue weighted by Crippen LogP contribution is -2.49. The van der Waals surface area contributed by atoms with E-state index in [1.54, 1.807) is 7.05 Å². The second-order valence-electron chi connectivity index (χ2n) is 5.33. The lowest BCUT2D eigenvalue weighted by atomic mass is 10.2. The monoisotopic (exact) mass is 304 g/mol. The number of rotatable bonds is 6. The van der Waals surface area contributed by atoms with Crippen molar-refractivity contribution < 1.29 is 9.59 Å². The summed E-state index contributed by atoms with van der Waals surface area (Å²) in [6, 6.07) is 10.2. The molecule has 6 nitrogen and oxygen atoms in total. The Bertz CT molecular complexity index is 484. The third-order valence-electron chi connectivity index (χ3n) is 3.75. The lowest BCUT2D eigenvalue weighted by molar-refractivity contribution is -0.131. The van der Waals surface area contributed by atoms with Crippen LogP contribution in [0.1, 0.15) is 6.42 Å². The smallest absolute Gasteiger partial charge is 0.233 e. The minimum Gasteiger partial charge on any atom is -0.368 e. The number of nitrogens with zero attached hydrogens (tertiary/aromatic N) is 2. The quantitative estimate of drug-likeness (QED) is 0.780. The molecular weight excluding hydrogens is 280 g/mol. The van der Waals surface area contributed by atoms with E-state index < -0.39 is 0 Å². The molecule has 0 radical (unpaired) electrons. The van der Waals surface area contributed by atoms with E-state index in [1.165, 1.54) is 5.69 Å². The summed E-state index contributed by atoms with van der Waals surface area (Å²) in [5.41, 5.74) is 1.20. The molecule has 0 unspecified atom stereocenters. The van der Waals surface area contributed by atoms with Gasteiger partial charge in [-0.2, -0.15) is 0 Å². The Kier molecular flexibility index (Phi) is 6.21. The van der Waals surface area contributed by atoms with Crippen molar-refractivity contribution in [2.45, 2.75) is 6.42 Å². The van der Waals surface area contributed by atoms with Gasteiger partial charge in [0, 0.05) is 44.8 Å². The minimum atomic E-state index is -0.0794. The van der Waals surface area contributed by atoms with Crippen LogP contribution in [-0.2, 0) is 9.59 Å². The molecule has 2 amide bonds. The van der Waals surface area contributed by atoms with Gasteiger partial charge < -0.3 is 20.4 Å². The Morgan fingerprint density at radius 1 is 1.09 bits per heavy atom. The van der Waals surface area contributed by atoms with Gasteiger partial charge in [-0.3, -0.25) is 9.59 Å². The van der Waals surface area contributed by atoms with E-state index in [0.29, 0.717) is 13.0 Å². The average Bonchev–Trinajstić information content (AvgIpc) is 2.56. The van der Waals surface area contributed by atoms with Gasteiger partial charge in [0.1, 0.15) is 0 Å². The highest BCUT2D eigenvalue weighted by Gasteiger charge is 2.20. The van der Waals surface area contributed by atoms with Crippen LogP contribution in [0.3, 0.4) is 0 Å². The van der Waals surface area contributed by atoms with Crippen molar-refractivity contribution in [1.29, 1.82) is 0 Å². The molecule has 22 heavy (non-hydrogen) atoms. The molecule has 0 spiro atoms. The largest absolute Gasteiger partial charge is 0.368 e. The fraction of sp³-hybridized carbons (Fsp3) is 0.500. The maximum atomic E-state index is 12.1. The van der Waals surface area contributed by atoms with Gasteiger partial charge in [-0.05, 0) is 19.2 Å². The molecule has 1 saturated heterocycles. The molecule has 0 atom stereocenters. The molecule has 1 aliphatic heterocycles. The van der Waals surface area contributed by atoms with Crippen molar-refractivity contribution in [2.75, 3.05) is 51.2 Å². The molecule has 0 aromatic heterocycles. The maximum Gasteiger partial charge on any atom is 0.233 e. The average molecular weight is 304 g/mol. The van der Waals surface area contributed by atoms with Gasteiger partial charge in [-0.15, -0.1) is 0 Å². The van der Waals surface area contributed by atoms with Crippen molar-refractivity contribution in [3.8, 4) is 0 Å². The van der Waals surface area contributed by atoms with E-state index in [1.807, 2.05) is 23.1 Å². The Hall–Kier alpha value is -2.08. The predicted octanol–water partition coefficient (Wildman–Crippen LogP) is 0.0609. The van der Waals surface area contributed by atoms with Gasteiger partial charge in [-0.1, -0.05) is 18.2 Å². The highest BCUT2D eigenvalue weighted by Crippen LogP contribution is 2.15. The van der Waals surface area contributed by atoms with Gasteiger partial charge in [0.25, 0.3) is 0 Å². The maximum absolute atomic E-state index is 12.1. The molecule has 0 saturated carbocycles. The number of hydrogen-bond acceptors (Lipinski definition) is 4. The van der Waals surface area contributed by atoms with E-state index in [4.69, 9.17) is 0 Å². The molecule has 0 aliphatic carbocycles. The standard InChI is InChI=1S/C16H24N4O2/c1-17-13-15(21)18-8-7-16(22)20-11-9-19(10-12-20)14-5-3-2-4-6-14/h2-6,17H,7-13H2,1H3,(H,18,21). The minimum absolute atomic E-state index is 0.0794. The number of hydrogen-bond donors (Lipinski definition) is 2. The summed E-state index contributed by atoms with van der Waals surface area (Å²) in [7, 11) is 1.72. The molecule has 1 aromatic rings. The molecule has 1 aliphatic rings. The Morgan fingerprint density at radius 3 is 2.41 bits per heavy atom. The third-order valence-corrected chi connectivity index (χ3v) is 3.75. The number of amides is 2. The molecular formula is C16H24N4O2. The van der Waals surface area contributed by atoms with Crippen molar-refractivity contribution in [3.05, 3.63) is 30.3 Å². The normalized spacial score (nSPS) is 14.8. The van der Waals surface area contributed by atoms with Gasteiger partial charge in [0.05, 0.1) is 6.54 Å². The highest BCUT2D eigenvalue weighted by molar-refractivity contribution is 5.80. The van der Waals surface area contributed by atoms with Crippen LogP contribution in [0.2, 0.25) is 0 Å². The SMILES string of the molecule is CNCC(=O)NCCC(=O)N1CCN(c2ccccc2)CC1. The van der Waals surface area contributed by atoms with Gasteiger partial charge in [-0.25, -0.2) is 0 Å². The summed E-state index contributed by atoms with van der Waals surface area (Å²) in [6.45, 7) is 3.85. The van der Waals surface area contributed by atoms with E-state index >= 15 is 0 Å². The number of likely N-dealkylation sites (N-methyl/N-ethyl adjacent to an activating group) is 1. The first-order valence-electron chi connectivity index (χ1n) is 7.70. The van der Waals surface area contributed by atoms with Crippen LogP contribution < -0.4 is 15.5 Å². The zero-order valence-electron chi connectivity index (χ0n) is 13.0. The number of carbonyl (C=O) groups excluding carboxylic acids is 2. The van der Waals surface area contributed by atoms with Crippen LogP contribution in [0.15, 0.2) is 30.3 Å². The molecule has 2 N–H and O–H groups in total. The molecule has 0 bridgehead atoms. The molecule has 6 heteroatoms. The lowest BCUT2D eigenvalue weighted by Gasteiger charge is -2.36. The van der Waals surface area contributed by atoms with Gasteiger partial charge in [0.2, 0.25) is 11.8 Å². The number of carbonyl (C=O) groups is 2. The number of nitrogens with one attached hydrogen (secondary N) is 2. The molecule has 1 fully saturated rings. The second-order valence-corrected chi connectivity index (χ2v) is 5.33. The highest BCUT2D eigenvalue weighted by atomic mass is 16.2. The summed E-state index contributed by atoms with van der Waals surface area (Å²) in [5.74, 6) is 0.0293. The summed E-state index contributed by atoms with van der Waals surface area (Å²) >= 11 is 0. The predicted molar refractivity (Wildman–Crippen MR) is 86.8 cm³/mol. The first-order chi connectivity index (χ1) is 10.7. The molecule has 2 rings (SSSR count). The summed E-state index contributed by atoms with van der Waals surface area (Å²) < 4.78 is 0. The van der Waals surface area contributed by atoms with Crippen LogP contribution in [0.25, 0.3) is 0 Å². The topological polar surface area (TPSA) is 64.7 Å². The van der Waals surface area contributed by atoms with E-state index in [0.717, 1.165) is 26.2 Å². The van der Waals surface area contributed by atoms with Gasteiger partial charge in [0.15, 0.2) is 0 Å². The summed E-state index contributed by atoms with van der Waals surface area (Å²) in [6.07, 6.45) is 0.362. The van der Waals surface area contributed by atoms with E-state index in [9.17, 15) is 9.59 Å². The van der Waals surface area contributed by atoms with E-state index in [2.05, 4.69) is 27.7 Å². The van der Waals surface area contributed by atoms with Crippen LogP contribution in [0.4, 0.5) is 5.69 Å². The summed E-state index contributed by atoms with van der Waals surface area (Å²) in [5, 5.41) is 5.51. The van der Waals surface area contributed by atoms with Crippen molar-refractivity contribution >= 4 is 17.5 Å². The fourth-order valence-electron chi connectivity index (χ4n) is 2.54. The number of benzene rings is 1. The summed E-state index contributed by atoms with van der Waals surface area (Å²) in [4.78, 5) is 27.6. The van der Waals surface area contributed by atoms with Crippen molar-refractivity contribution in [2.24, 2.45) is 0 Å². The first kappa shape index (κ1) is 16.3. The number of piperazine rings is 1. The third kappa shape index (κ3) is 4.73. The van der Waals surface area contributed by atoms with Gasteiger partial charge >= 0.3 is 0 Å². The number of para-hydroxylation sites is 1. The van der Waals surface area contributed by atoms with Crippen molar-refractivity contribution in [3.63, 3.8) is 0 Å². The van der Waals surface area contributed by atoms with Crippen LogP contribution in [0.5, 0.6) is 0 Å². The van der Waals surface area contributed by atoms with Crippen LogP contribution in [0, 0.1) is 0 Å². The molecule has 120 valence electrons. The van der Waals surface area contributed by atoms with E-state index in [-0.39, 0.29) is 18.4 Å². The van der Waals surface area contributed by atoms with Crippen molar-refractivity contribution in [1.82, 2.24) is 15.5 Å². The Labute approximate surface area is 131 Å². The molecule has 1 aromatic carbocycles. The Balaban J connectivity index is 1.70. The fourth-order valence-corrected chi connectivity index (χ4v) is 2.54. The van der Waals surface area contributed by atoms with Crippen LogP contribution >= 0.6 is 0 Å². The second kappa shape index (κ2) is 8.38. The zero-order valence-corrected chi connectivity index (χ0v) is 13.0. The first-order valence-corrected chi connectivity index (χ1v) is 7.70.